The van der Waals surface area contributed by atoms with Crippen molar-refractivity contribution in [1.29, 1.82) is 0 Å². The molecule has 1 aromatic heterocycles. The molecule has 0 aliphatic carbocycles. The monoisotopic (exact) mass is 320 g/mol. The number of likely N-dealkylation sites (tertiary alicyclic amines) is 1. The van der Waals surface area contributed by atoms with Gasteiger partial charge in [-0.3, -0.25) is 4.90 Å². The molecular weight excluding hydrogens is 296 g/mol. The first kappa shape index (κ1) is 15.4. The van der Waals surface area contributed by atoms with Crippen molar-refractivity contribution in [2.45, 2.75) is 19.0 Å². The molecule has 0 saturated carbocycles. The number of furan rings is 1. The van der Waals surface area contributed by atoms with Crippen LogP contribution < -0.4 is 0 Å². The SMILES string of the molecule is CN(C)C1CCN(Cc2ccc(-c3cc4ccccc4o3)cc2)C1. The second-order valence-corrected chi connectivity index (χ2v) is 6.99. The van der Waals surface area contributed by atoms with Gasteiger partial charge in [0.1, 0.15) is 11.3 Å². The van der Waals surface area contributed by atoms with Gasteiger partial charge in [-0.25, -0.2) is 0 Å². The van der Waals surface area contributed by atoms with Gasteiger partial charge in [0.05, 0.1) is 0 Å². The fourth-order valence-corrected chi connectivity index (χ4v) is 3.53. The molecule has 0 radical (unpaired) electrons. The molecule has 3 aromatic rings. The van der Waals surface area contributed by atoms with E-state index in [4.69, 9.17) is 4.42 Å². The van der Waals surface area contributed by atoms with Crippen LogP contribution in [0.25, 0.3) is 22.3 Å². The molecule has 124 valence electrons. The molecule has 0 spiro atoms. The van der Waals surface area contributed by atoms with Gasteiger partial charge in [-0.15, -0.1) is 0 Å². The van der Waals surface area contributed by atoms with E-state index in [0.717, 1.165) is 28.8 Å². The van der Waals surface area contributed by atoms with Gasteiger partial charge in [-0.1, -0.05) is 42.5 Å². The topological polar surface area (TPSA) is 19.6 Å². The van der Waals surface area contributed by atoms with E-state index in [9.17, 15) is 0 Å². The van der Waals surface area contributed by atoms with Crippen LogP contribution in [0.1, 0.15) is 12.0 Å². The van der Waals surface area contributed by atoms with E-state index in [1.165, 1.54) is 25.1 Å². The zero-order valence-electron chi connectivity index (χ0n) is 14.4. The Balaban J connectivity index is 1.47. The molecule has 2 aromatic carbocycles. The quantitative estimate of drug-likeness (QED) is 0.717. The van der Waals surface area contributed by atoms with Crippen molar-refractivity contribution in [3.05, 3.63) is 60.2 Å². The van der Waals surface area contributed by atoms with E-state index >= 15 is 0 Å². The van der Waals surface area contributed by atoms with Gasteiger partial charge in [-0.05, 0) is 38.2 Å². The summed E-state index contributed by atoms with van der Waals surface area (Å²) in [6.45, 7) is 3.39. The lowest BCUT2D eigenvalue weighted by Gasteiger charge is -2.20. The van der Waals surface area contributed by atoms with Crippen molar-refractivity contribution in [3.63, 3.8) is 0 Å². The van der Waals surface area contributed by atoms with Crippen LogP contribution in [0.3, 0.4) is 0 Å². The van der Waals surface area contributed by atoms with Crippen LogP contribution in [0.4, 0.5) is 0 Å². The van der Waals surface area contributed by atoms with Crippen LogP contribution in [0, 0.1) is 0 Å². The molecule has 1 aliphatic heterocycles. The Hall–Kier alpha value is -2.10. The molecule has 2 heterocycles. The fourth-order valence-electron chi connectivity index (χ4n) is 3.53. The maximum absolute atomic E-state index is 5.95. The highest BCUT2D eigenvalue weighted by atomic mass is 16.3. The van der Waals surface area contributed by atoms with Gasteiger partial charge in [-0.2, -0.15) is 0 Å². The van der Waals surface area contributed by atoms with Crippen LogP contribution in [-0.2, 0) is 6.54 Å². The highest BCUT2D eigenvalue weighted by Crippen LogP contribution is 2.28. The number of likely N-dealkylation sites (N-methyl/N-ethyl adjacent to an activating group) is 1. The fraction of sp³-hybridized carbons (Fsp3) is 0.333. The van der Waals surface area contributed by atoms with Crippen molar-refractivity contribution in [1.82, 2.24) is 9.80 Å². The molecule has 4 rings (SSSR count). The summed E-state index contributed by atoms with van der Waals surface area (Å²) in [5, 5.41) is 1.16. The van der Waals surface area contributed by atoms with Gasteiger partial charge < -0.3 is 9.32 Å². The summed E-state index contributed by atoms with van der Waals surface area (Å²) in [5.74, 6) is 0.941. The van der Waals surface area contributed by atoms with Crippen LogP contribution in [-0.4, -0.2) is 43.0 Å². The third-order valence-electron chi connectivity index (χ3n) is 5.05. The van der Waals surface area contributed by atoms with E-state index < -0.39 is 0 Å². The zero-order chi connectivity index (χ0) is 16.5. The molecule has 1 fully saturated rings. The highest BCUT2D eigenvalue weighted by molar-refractivity contribution is 5.82. The molecule has 0 amide bonds. The van der Waals surface area contributed by atoms with Crippen LogP contribution >= 0.6 is 0 Å². The van der Waals surface area contributed by atoms with Crippen LogP contribution in [0.15, 0.2) is 59.0 Å². The zero-order valence-corrected chi connectivity index (χ0v) is 14.4. The van der Waals surface area contributed by atoms with Gasteiger partial charge in [0.2, 0.25) is 0 Å². The maximum atomic E-state index is 5.95. The molecule has 1 saturated heterocycles. The lowest BCUT2D eigenvalue weighted by molar-refractivity contribution is 0.264. The minimum Gasteiger partial charge on any atom is -0.456 e. The summed E-state index contributed by atoms with van der Waals surface area (Å²) in [7, 11) is 4.35. The maximum Gasteiger partial charge on any atom is 0.135 e. The Morgan fingerprint density at radius 3 is 2.58 bits per heavy atom. The van der Waals surface area contributed by atoms with E-state index in [2.05, 4.69) is 60.3 Å². The molecule has 0 bridgehead atoms. The molecule has 0 N–H and O–H groups in total. The van der Waals surface area contributed by atoms with Gasteiger partial charge in [0.25, 0.3) is 0 Å². The number of fused-ring (bicyclic) bond motifs is 1. The number of rotatable bonds is 4. The predicted molar refractivity (Wildman–Crippen MR) is 99.0 cm³/mol. The molecule has 1 aliphatic rings. The molecule has 1 unspecified atom stereocenters. The normalized spacial score (nSPS) is 18.7. The minimum atomic E-state index is 0.694. The third kappa shape index (κ3) is 3.10. The molecule has 1 atom stereocenters. The lowest BCUT2D eigenvalue weighted by Crippen LogP contribution is -2.31. The lowest BCUT2D eigenvalue weighted by atomic mass is 10.1. The largest absolute Gasteiger partial charge is 0.456 e. The molecule has 3 heteroatoms. The number of benzene rings is 2. The van der Waals surface area contributed by atoms with Crippen molar-refractivity contribution in [3.8, 4) is 11.3 Å². The molecular formula is C21H24N2O. The summed E-state index contributed by atoms with van der Waals surface area (Å²) < 4.78 is 5.95. The second-order valence-electron chi connectivity index (χ2n) is 6.99. The Bertz CT molecular complexity index is 786. The average molecular weight is 320 g/mol. The molecule has 24 heavy (non-hydrogen) atoms. The Labute approximate surface area is 143 Å². The summed E-state index contributed by atoms with van der Waals surface area (Å²) in [6.07, 6.45) is 1.27. The van der Waals surface area contributed by atoms with Crippen molar-refractivity contribution < 1.29 is 4.42 Å². The minimum absolute atomic E-state index is 0.694. The van der Waals surface area contributed by atoms with E-state index in [1.54, 1.807) is 0 Å². The van der Waals surface area contributed by atoms with Gasteiger partial charge >= 0.3 is 0 Å². The van der Waals surface area contributed by atoms with E-state index in [0.29, 0.717) is 6.04 Å². The highest BCUT2D eigenvalue weighted by Gasteiger charge is 2.23. The first-order valence-corrected chi connectivity index (χ1v) is 8.66. The predicted octanol–water partition coefficient (Wildman–Crippen LogP) is 4.24. The van der Waals surface area contributed by atoms with Crippen LogP contribution in [0.2, 0.25) is 0 Å². The van der Waals surface area contributed by atoms with E-state index in [-0.39, 0.29) is 0 Å². The standard InChI is InChI=1S/C21H24N2O/c1-22(2)19-11-12-23(15-19)14-16-7-9-17(10-8-16)21-13-18-5-3-4-6-20(18)24-21/h3-10,13,19H,11-12,14-15H2,1-2H3. The first-order valence-electron chi connectivity index (χ1n) is 8.66. The summed E-state index contributed by atoms with van der Waals surface area (Å²) in [5.41, 5.74) is 3.46. The first-order chi connectivity index (χ1) is 11.7. The Kier molecular flexibility index (Phi) is 4.13. The van der Waals surface area contributed by atoms with Crippen molar-refractivity contribution in [2.75, 3.05) is 27.2 Å². The van der Waals surface area contributed by atoms with Crippen molar-refractivity contribution >= 4 is 11.0 Å². The number of hydrogen-bond acceptors (Lipinski definition) is 3. The average Bonchev–Trinajstić information content (AvgIpc) is 3.22. The van der Waals surface area contributed by atoms with Crippen LogP contribution in [0.5, 0.6) is 0 Å². The summed E-state index contributed by atoms with van der Waals surface area (Å²) in [6, 6.07) is 19.8. The van der Waals surface area contributed by atoms with E-state index in [1.807, 2.05) is 18.2 Å². The summed E-state index contributed by atoms with van der Waals surface area (Å²) >= 11 is 0. The van der Waals surface area contributed by atoms with Crippen molar-refractivity contribution in [2.24, 2.45) is 0 Å². The Morgan fingerprint density at radius 1 is 1.08 bits per heavy atom. The second kappa shape index (κ2) is 6.42. The van der Waals surface area contributed by atoms with Gasteiger partial charge in [0, 0.05) is 36.6 Å². The Morgan fingerprint density at radius 2 is 1.88 bits per heavy atom. The smallest absolute Gasteiger partial charge is 0.135 e. The number of nitrogens with zero attached hydrogens (tertiary/aromatic N) is 2. The third-order valence-corrected chi connectivity index (χ3v) is 5.05. The molecule has 3 nitrogen and oxygen atoms in total. The summed E-state index contributed by atoms with van der Waals surface area (Å²) in [4.78, 5) is 4.88. The number of para-hydroxylation sites is 1. The van der Waals surface area contributed by atoms with Gasteiger partial charge in [0.15, 0.2) is 0 Å². The number of hydrogen-bond donors (Lipinski definition) is 0.